The molecule has 2 heterocycles. The summed E-state index contributed by atoms with van der Waals surface area (Å²) in [5.41, 5.74) is 2.76. The van der Waals surface area contributed by atoms with Crippen molar-refractivity contribution in [2.75, 3.05) is 0 Å². The van der Waals surface area contributed by atoms with E-state index in [1.807, 2.05) is 12.1 Å². The standard InChI is InChI=1S/C22H21FN4O2/c23-17-7-3-15(4-8-17)20-26-19-10-6-16(5-9-18(19)22(29)27-20)21(28)25-13-14-2-1-11-24-12-14/h1-4,7-8,11-12,16H,5-6,9-10,13H2,(H,25,28)(H,26,27,29). The second kappa shape index (κ2) is 8.34. The van der Waals surface area contributed by atoms with Gasteiger partial charge in [-0.05, 0) is 61.6 Å². The topological polar surface area (TPSA) is 87.7 Å². The lowest BCUT2D eigenvalue weighted by Crippen LogP contribution is -2.30. The summed E-state index contributed by atoms with van der Waals surface area (Å²) >= 11 is 0. The highest BCUT2D eigenvalue weighted by molar-refractivity contribution is 5.78. The molecule has 148 valence electrons. The maximum Gasteiger partial charge on any atom is 0.254 e. The van der Waals surface area contributed by atoms with Gasteiger partial charge in [-0.2, -0.15) is 0 Å². The van der Waals surface area contributed by atoms with Crippen LogP contribution in [0.5, 0.6) is 0 Å². The fourth-order valence-corrected chi connectivity index (χ4v) is 3.63. The summed E-state index contributed by atoms with van der Waals surface area (Å²) in [6.07, 6.45) is 5.71. The summed E-state index contributed by atoms with van der Waals surface area (Å²) in [5.74, 6) is -0.106. The van der Waals surface area contributed by atoms with Crippen molar-refractivity contribution in [2.45, 2.75) is 32.2 Å². The number of amides is 1. The van der Waals surface area contributed by atoms with E-state index in [2.05, 4.69) is 20.3 Å². The van der Waals surface area contributed by atoms with Gasteiger partial charge in [0.25, 0.3) is 5.56 Å². The van der Waals surface area contributed by atoms with Crippen molar-refractivity contribution in [2.24, 2.45) is 5.92 Å². The van der Waals surface area contributed by atoms with Gasteiger partial charge in [0.05, 0.1) is 5.69 Å². The number of pyridine rings is 1. The third kappa shape index (κ3) is 4.39. The first-order valence-electron chi connectivity index (χ1n) is 9.65. The molecule has 1 aliphatic rings. The van der Waals surface area contributed by atoms with Gasteiger partial charge in [-0.3, -0.25) is 14.6 Å². The molecule has 0 spiro atoms. The summed E-state index contributed by atoms with van der Waals surface area (Å²) in [5, 5.41) is 2.96. The van der Waals surface area contributed by atoms with Crippen molar-refractivity contribution >= 4 is 5.91 Å². The second-order valence-electron chi connectivity index (χ2n) is 7.20. The van der Waals surface area contributed by atoms with Crippen molar-refractivity contribution in [3.63, 3.8) is 0 Å². The Morgan fingerprint density at radius 2 is 1.97 bits per heavy atom. The minimum atomic E-state index is -0.342. The van der Waals surface area contributed by atoms with Crippen LogP contribution in [0.25, 0.3) is 11.4 Å². The third-order valence-corrected chi connectivity index (χ3v) is 5.25. The molecule has 0 saturated heterocycles. The molecule has 29 heavy (non-hydrogen) atoms. The number of benzene rings is 1. The minimum Gasteiger partial charge on any atom is -0.352 e. The van der Waals surface area contributed by atoms with Gasteiger partial charge in [0, 0.05) is 36.0 Å². The monoisotopic (exact) mass is 392 g/mol. The SMILES string of the molecule is O=C(NCc1cccnc1)C1CCc2nc(-c3ccc(F)cc3)[nH]c(=O)c2CC1. The molecule has 2 N–H and O–H groups in total. The maximum atomic E-state index is 13.2. The van der Waals surface area contributed by atoms with E-state index in [1.54, 1.807) is 24.5 Å². The van der Waals surface area contributed by atoms with E-state index in [0.717, 1.165) is 11.3 Å². The number of halogens is 1. The lowest BCUT2D eigenvalue weighted by Gasteiger charge is -2.13. The zero-order valence-corrected chi connectivity index (χ0v) is 15.8. The average Bonchev–Trinajstić information content (AvgIpc) is 2.96. The van der Waals surface area contributed by atoms with Crippen molar-refractivity contribution in [3.8, 4) is 11.4 Å². The van der Waals surface area contributed by atoms with E-state index >= 15 is 0 Å². The molecule has 7 heteroatoms. The quantitative estimate of drug-likeness (QED) is 0.669. The zero-order chi connectivity index (χ0) is 20.2. The van der Waals surface area contributed by atoms with Crippen LogP contribution in [0, 0.1) is 11.7 Å². The number of hydrogen-bond acceptors (Lipinski definition) is 4. The number of aromatic nitrogens is 3. The highest BCUT2D eigenvalue weighted by atomic mass is 19.1. The predicted molar refractivity (Wildman–Crippen MR) is 106 cm³/mol. The Morgan fingerprint density at radius 1 is 1.17 bits per heavy atom. The number of nitrogens with zero attached hydrogens (tertiary/aromatic N) is 2. The predicted octanol–water partition coefficient (Wildman–Crippen LogP) is 2.78. The van der Waals surface area contributed by atoms with Gasteiger partial charge >= 0.3 is 0 Å². The largest absolute Gasteiger partial charge is 0.352 e. The number of hydrogen-bond donors (Lipinski definition) is 2. The molecule has 1 aliphatic carbocycles. The van der Waals surface area contributed by atoms with Crippen molar-refractivity contribution < 1.29 is 9.18 Å². The molecule has 0 aliphatic heterocycles. The number of aryl methyl sites for hydroxylation is 1. The maximum absolute atomic E-state index is 13.2. The summed E-state index contributed by atoms with van der Waals surface area (Å²) in [6, 6.07) is 9.60. The van der Waals surface area contributed by atoms with Gasteiger partial charge in [0.2, 0.25) is 5.91 Å². The van der Waals surface area contributed by atoms with E-state index in [4.69, 9.17) is 0 Å². The molecular weight excluding hydrogens is 371 g/mol. The fraction of sp³-hybridized carbons (Fsp3) is 0.273. The van der Waals surface area contributed by atoms with Crippen molar-refractivity contribution in [3.05, 3.63) is 81.8 Å². The molecule has 1 aromatic carbocycles. The first kappa shape index (κ1) is 19.0. The Labute approximate surface area is 167 Å². The zero-order valence-electron chi connectivity index (χ0n) is 15.8. The van der Waals surface area contributed by atoms with Crippen molar-refractivity contribution in [1.82, 2.24) is 20.3 Å². The Balaban J connectivity index is 1.47. The minimum absolute atomic E-state index is 0.0168. The number of nitrogens with one attached hydrogen (secondary N) is 2. The van der Waals surface area contributed by atoms with E-state index in [-0.39, 0.29) is 23.2 Å². The van der Waals surface area contributed by atoms with Crippen LogP contribution < -0.4 is 10.9 Å². The second-order valence-corrected chi connectivity index (χ2v) is 7.20. The van der Waals surface area contributed by atoms with Crippen LogP contribution in [-0.2, 0) is 24.2 Å². The first-order chi connectivity index (χ1) is 14.1. The van der Waals surface area contributed by atoms with Crippen LogP contribution in [0.3, 0.4) is 0 Å². The van der Waals surface area contributed by atoms with E-state index in [1.165, 1.54) is 12.1 Å². The normalized spacial score (nSPS) is 16.0. The van der Waals surface area contributed by atoms with E-state index in [9.17, 15) is 14.0 Å². The molecule has 4 rings (SSSR count). The van der Waals surface area contributed by atoms with Crippen LogP contribution >= 0.6 is 0 Å². The van der Waals surface area contributed by atoms with Gasteiger partial charge in [-0.25, -0.2) is 9.37 Å². The third-order valence-electron chi connectivity index (χ3n) is 5.25. The molecule has 3 aromatic rings. The van der Waals surface area contributed by atoms with Crippen molar-refractivity contribution in [1.29, 1.82) is 0 Å². The van der Waals surface area contributed by atoms with Crippen LogP contribution in [0.1, 0.15) is 29.7 Å². The Kier molecular flexibility index (Phi) is 5.46. The van der Waals surface area contributed by atoms with Crippen LogP contribution in [0.4, 0.5) is 4.39 Å². The molecule has 1 atom stereocenters. The smallest absolute Gasteiger partial charge is 0.254 e. The molecule has 0 bridgehead atoms. The Bertz CT molecular complexity index is 1060. The lowest BCUT2D eigenvalue weighted by molar-refractivity contribution is -0.125. The summed E-state index contributed by atoms with van der Waals surface area (Å²) in [6.45, 7) is 0.434. The average molecular weight is 392 g/mol. The van der Waals surface area contributed by atoms with Crippen LogP contribution in [0.15, 0.2) is 53.6 Å². The van der Waals surface area contributed by atoms with E-state index in [0.29, 0.717) is 49.2 Å². The highest BCUT2D eigenvalue weighted by Gasteiger charge is 2.25. The number of aromatic amines is 1. The Morgan fingerprint density at radius 3 is 2.72 bits per heavy atom. The lowest BCUT2D eigenvalue weighted by atomic mass is 9.99. The highest BCUT2D eigenvalue weighted by Crippen LogP contribution is 2.24. The van der Waals surface area contributed by atoms with Gasteiger partial charge in [0.15, 0.2) is 0 Å². The van der Waals surface area contributed by atoms with Gasteiger partial charge in [-0.1, -0.05) is 6.07 Å². The van der Waals surface area contributed by atoms with Gasteiger partial charge in [-0.15, -0.1) is 0 Å². The molecule has 1 unspecified atom stereocenters. The van der Waals surface area contributed by atoms with Crippen LogP contribution in [-0.4, -0.2) is 20.9 Å². The first-order valence-corrected chi connectivity index (χ1v) is 9.65. The van der Waals surface area contributed by atoms with Gasteiger partial charge < -0.3 is 10.3 Å². The molecule has 0 fully saturated rings. The van der Waals surface area contributed by atoms with E-state index < -0.39 is 0 Å². The van der Waals surface area contributed by atoms with Gasteiger partial charge in [0.1, 0.15) is 11.6 Å². The van der Waals surface area contributed by atoms with Crippen LogP contribution in [0.2, 0.25) is 0 Å². The summed E-state index contributed by atoms with van der Waals surface area (Å²) < 4.78 is 13.2. The molecule has 0 saturated carbocycles. The number of H-pyrrole nitrogens is 1. The number of rotatable bonds is 4. The number of carbonyl (C=O) groups is 1. The fourth-order valence-electron chi connectivity index (χ4n) is 3.63. The number of fused-ring (bicyclic) bond motifs is 1. The Hall–Kier alpha value is -3.35. The number of carbonyl (C=O) groups excluding carboxylic acids is 1. The summed E-state index contributed by atoms with van der Waals surface area (Å²) in [7, 11) is 0. The molecule has 6 nitrogen and oxygen atoms in total. The molecular formula is C22H21FN4O2. The molecule has 2 aromatic heterocycles. The molecule has 0 radical (unpaired) electrons. The molecule has 1 amide bonds. The summed E-state index contributed by atoms with van der Waals surface area (Å²) in [4.78, 5) is 36.6.